The molecule has 0 aliphatic rings. The van der Waals surface area contributed by atoms with Crippen LogP contribution >= 0.6 is 0 Å². The molecule has 0 radical (unpaired) electrons. The lowest BCUT2D eigenvalue weighted by molar-refractivity contribution is -0.123. The molecule has 0 spiro atoms. The van der Waals surface area contributed by atoms with Crippen molar-refractivity contribution in [1.82, 2.24) is 5.43 Å². The number of nitrogens with zero attached hydrogens (tertiary/aromatic N) is 1. The van der Waals surface area contributed by atoms with E-state index in [0.29, 0.717) is 18.1 Å². The van der Waals surface area contributed by atoms with Gasteiger partial charge in [-0.1, -0.05) is 67.9 Å². The predicted molar refractivity (Wildman–Crippen MR) is 124 cm³/mol. The molecule has 1 amide bonds. The van der Waals surface area contributed by atoms with Gasteiger partial charge in [-0.3, -0.25) is 4.79 Å². The average Bonchev–Trinajstić information content (AvgIpc) is 2.82. The summed E-state index contributed by atoms with van der Waals surface area (Å²) >= 11 is 0. The van der Waals surface area contributed by atoms with Crippen molar-refractivity contribution in [2.45, 2.75) is 32.8 Å². The van der Waals surface area contributed by atoms with Crippen LogP contribution in [0.5, 0.6) is 11.5 Å². The molecule has 0 fully saturated rings. The van der Waals surface area contributed by atoms with E-state index in [1.54, 1.807) is 6.21 Å². The smallest absolute Gasteiger partial charge is 0.277 e. The minimum Gasteiger partial charge on any atom is -0.488 e. The summed E-state index contributed by atoms with van der Waals surface area (Å²) in [6.07, 6.45) is 4.97. The maximum atomic E-state index is 12.0. The molecule has 31 heavy (non-hydrogen) atoms. The van der Waals surface area contributed by atoms with Crippen molar-refractivity contribution in [2.75, 3.05) is 6.61 Å². The van der Waals surface area contributed by atoms with Gasteiger partial charge in [0.05, 0.1) is 6.21 Å². The number of para-hydroxylation sites is 1. The Bertz CT molecular complexity index is 969. The van der Waals surface area contributed by atoms with Crippen molar-refractivity contribution in [3.8, 4) is 11.5 Å². The Labute approximate surface area is 183 Å². The Morgan fingerprint density at radius 3 is 2.42 bits per heavy atom. The van der Waals surface area contributed by atoms with Crippen molar-refractivity contribution >= 4 is 12.1 Å². The Kier molecular flexibility index (Phi) is 8.68. The van der Waals surface area contributed by atoms with E-state index in [-0.39, 0.29) is 12.5 Å². The molecule has 3 aromatic rings. The highest BCUT2D eigenvalue weighted by Crippen LogP contribution is 2.17. The zero-order valence-corrected chi connectivity index (χ0v) is 17.8. The molecular formula is C26H28N2O3. The minimum atomic E-state index is -0.325. The summed E-state index contributed by atoms with van der Waals surface area (Å²) in [7, 11) is 0. The lowest BCUT2D eigenvalue weighted by atomic mass is 10.1. The van der Waals surface area contributed by atoms with Gasteiger partial charge in [0.1, 0.15) is 18.1 Å². The lowest BCUT2D eigenvalue weighted by Gasteiger charge is -2.09. The first-order valence-electron chi connectivity index (χ1n) is 10.5. The lowest BCUT2D eigenvalue weighted by Crippen LogP contribution is -2.24. The summed E-state index contributed by atoms with van der Waals surface area (Å²) in [5.41, 5.74) is 5.63. The number of unbranched alkanes of at least 4 members (excludes halogenated alkanes) is 1. The van der Waals surface area contributed by atoms with Crippen LogP contribution in [0.15, 0.2) is 84.0 Å². The molecule has 0 atom stereocenters. The summed E-state index contributed by atoms with van der Waals surface area (Å²) in [4.78, 5) is 12.0. The molecule has 5 nitrogen and oxygen atoms in total. The molecule has 0 saturated carbocycles. The number of carbonyl (C=O) groups is 1. The van der Waals surface area contributed by atoms with Gasteiger partial charge in [0.15, 0.2) is 6.61 Å². The van der Waals surface area contributed by atoms with E-state index in [2.05, 4.69) is 17.5 Å². The summed E-state index contributed by atoms with van der Waals surface area (Å²) in [5.74, 6) is 1.04. The summed E-state index contributed by atoms with van der Waals surface area (Å²) in [6.45, 7) is 2.54. The van der Waals surface area contributed by atoms with Gasteiger partial charge in [-0.15, -0.1) is 0 Å². The highest BCUT2D eigenvalue weighted by molar-refractivity contribution is 5.85. The monoisotopic (exact) mass is 416 g/mol. The second-order valence-corrected chi connectivity index (χ2v) is 7.14. The van der Waals surface area contributed by atoms with E-state index < -0.39 is 0 Å². The van der Waals surface area contributed by atoms with Crippen LogP contribution in [-0.2, 0) is 17.8 Å². The average molecular weight is 417 g/mol. The number of hydrogen-bond donors (Lipinski definition) is 1. The fraction of sp³-hybridized carbons (Fsp3) is 0.231. The molecule has 0 aliphatic carbocycles. The van der Waals surface area contributed by atoms with Gasteiger partial charge in [-0.25, -0.2) is 5.43 Å². The largest absolute Gasteiger partial charge is 0.488 e. The molecule has 3 aromatic carbocycles. The van der Waals surface area contributed by atoms with Crippen molar-refractivity contribution in [3.63, 3.8) is 0 Å². The van der Waals surface area contributed by atoms with Crippen LogP contribution in [0.2, 0.25) is 0 Å². The van der Waals surface area contributed by atoms with Crippen molar-refractivity contribution in [2.24, 2.45) is 5.10 Å². The third-order valence-electron chi connectivity index (χ3n) is 4.66. The molecular weight excluding hydrogens is 388 g/mol. The molecule has 5 heteroatoms. The molecule has 1 N–H and O–H groups in total. The topological polar surface area (TPSA) is 59.9 Å². The number of hydrazone groups is 1. The fourth-order valence-corrected chi connectivity index (χ4v) is 2.94. The second-order valence-electron chi connectivity index (χ2n) is 7.14. The van der Waals surface area contributed by atoms with Crippen molar-refractivity contribution in [1.29, 1.82) is 0 Å². The number of nitrogens with one attached hydrogen (secondary N) is 1. The maximum absolute atomic E-state index is 12.0. The first kappa shape index (κ1) is 22.1. The van der Waals surface area contributed by atoms with Crippen LogP contribution < -0.4 is 14.9 Å². The van der Waals surface area contributed by atoms with Gasteiger partial charge < -0.3 is 9.47 Å². The predicted octanol–water partition coefficient (Wildman–Crippen LogP) is 5.14. The highest BCUT2D eigenvalue weighted by Gasteiger charge is 2.04. The third kappa shape index (κ3) is 7.63. The van der Waals surface area contributed by atoms with Gasteiger partial charge >= 0.3 is 0 Å². The van der Waals surface area contributed by atoms with Crippen LogP contribution in [0, 0.1) is 0 Å². The molecule has 160 valence electrons. The van der Waals surface area contributed by atoms with E-state index >= 15 is 0 Å². The maximum Gasteiger partial charge on any atom is 0.277 e. The summed E-state index contributed by atoms with van der Waals surface area (Å²) in [6, 6.07) is 25.3. The number of hydrogen-bond acceptors (Lipinski definition) is 4. The van der Waals surface area contributed by atoms with E-state index in [1.165, 1.54) is 18.4 Å². The fourth-order valence-electron chi connectivity index (χ4n) is 2.94. The van der Waals surface area contributed by atoms with E-state index in [1.807, 2.05) is 78.9 Å². The number of carbonyl (C=O) groups excluding carboxylic acids is 1. The van der Waals surface area contributed by atoms with Crippen LogP contribution in [-0.4, -0.2) is 18.7 Å². The molecule has 0 saturated heterocycles. The minimum absolute atomic E-state index is 0.0994. The Hall–Kier alpha value is -3.60. The Balaban J connectivity index is 1.46. The van der Waals surface area contributed by atoms with Crippen LogP contribution in [0.4, 0.5) is 0 Å². The first-order valence-corrected chi connectivity index (χ1v) is 10.5. The van der Waals surface area contributed by atoms with Crippen molar-refractivity contribution in [3.05, 3.63) is 95.6 Å². The SMILES string of the molecule is CCCCc1ccc(OCC(=O)N/N=C\c2ccccc2OCc2ccccc2)cc1. The van der Waals surface area contributed by atoms with Crippen LogP contribution in [0.3, 0.4) is 0 Å². The summed E-state index contributed by atoms with van der Waals surface area (Å²) in [5, 5.41) is 4.03. The standard InChI is InChI=1S/C26H28N2O3/c1-2-3-9-21-14-16-24(17-15-21)30-20-26(29)28-27-18-23-12-7-8-13-25(23)31-19-22-10-5-4-6-11-22/h4-8,10-18H,2-3,9,19-20H2,1H3,(H,28,29)/b27-18-. The van der Waals surface area contributed by atoms with Gasteiger partial charge in [0.25, 0.3) is 5.91 Å². The third-order valence-corrected chi connectivity index (χ3v) is 4.66. The first-order chi connectivity index (χ1) is 15.2. The van der Waals surface area contributed by atoms with Crippen LogP contribution in [0.1, 0.15) is 36.5 Å². The van der Waals surface area contributed by atoms with Gasteiger partial charge in [-0.2, -0.15) is 5.10 Å². The molecule has 0 aromatic heterocycles. The molecule has 0 aliphatic heterocycles. The highest BCUT2D eigenvalue weighted by atomic mass is 16.5. The quantitative estimate of drug-likeness (QED) is 0.348. The van der Waals surface area contributed by atoms with E-state index in [9.17, 15) is 4.79 Å². The number of aryl methyl sites for hydroxylation is 1. The zero-order chi connectivity index (χ0) is 21.7. The molecule has 0 heterocycles. The normalized spacial score (nSPS) is 10.7. The van der Waals surface area contributed by atoms with Crippen molar-refractivity contribution < 1.29 is 14.3 Å². The molecule has 0 bridgehead atoms. The summed E-state index contributed by atoms with van der Waals surface area (Å²) < 4.78 is 11.4. The van der Waals surface area contributed by atoms with E-state index in [4.69, 9.17) is 9.47 Å². The van der Waals surface area contributed by atoms with Gasteiger partial charge in [0.2, 0.25) is 0 Å². The molecule has 0 unspecified atom stereocenters. The van der Waals surface area contributed by atoms with E-state index in [0.717, 1.165) is 17.5 Å². The number of amides is 1. The Morgan fingerprint density at radius 1 is 0.903 bits per heavy atom. The molecule has 3 rings (SSSR count). The number of benzene rings is 3. The Morgan fingerprint density at radius 2 is 1.65 bits per heavy atom. The van der Waals surface area contributed by atoms with Gasteiger partial charge in [-0.05, 0) is 48.2 Å². The number of ether oxygens (including phenoxy) is 2. The van der Waals surface area contributed by atoms with Gasteiger partial charge in [0, 0.05) is 5.56 Å². The number of rotatable bonds is 11. The zero-order valence-electron chi connectivity index (χ0n) is 17.8. The second kappa shape index (κ2) is 12.2. The van der Waals surface area contributed by atoms with Crippen LogP contribution in [0.25, 0.3) is 0 Å².